The number of aromatic nitrogens is 1. The van der Waals surface area contributed by atoms with E-state index in [2.05, 4.69) is 0 Å². The molecule has 9 heteroatoms. The minimum Gasteiger partial charge on any atom is -0.283 e. The predicted molar refractivity (Wildman–Crippen MR) is 140 cm³/mol. The summed E-state index contributed by atoms with van der Waals surface area (Å²) in [7, 11) is -3.63. The van der Waals surface area contributed by atoms with E-state index < -0.39 is 10.0 Å². The van der Waals surface area contributed by atoms with Crippen LogP contribution in [-0.4, -0.2) is 36.7 Å². The lowest BCUT2D eigenvalue weighted by atomic mass is 9.96. The van der Waals surface area contributed by atoms with Gasteiger partial charge in [0.25, 0.3) is 0 Å². The number of anilines is 1. The van der Waals surface area contributed by atoms with Gasteiger partial charge in [0.15, 0.2) is 5.13 Å². The molecule has 1 aromatic heterocycles. The smallest absolute Gasteiger partial charge is 0.243 e. The summed E-state index contributed by atoms with van der Waals surface area (Å²) in [6, 6.07) is 23.9. The fourth-order valence-corrected chi connectivity index (χ4v) is 6.87. The highest BCUT2D eigenvalue weighted by atomic mass is 35.5. The first kappa shape index (κ1) is 23.9. The lowest BCUT2D eigenvalue weighted by Crippen LogP contribution is -2.44. The zero-order valence-electron chi connectivity index (χ0n) is 18.9. The Morgan fingerprint density at radius 2 is 1.63 bits per heavy atom. The van der Waals surface area contributed by atoms with Crippen molar-refractivity contribution >= 4 is 54.2 Å². The lowest BCUT2D eigenvalue weighted by molar-refractivity contribution is -0.123. The van der Waals surface area contributed by atoms with Crippen LogP contribution in [-0.2, 0) is 21.4 Å². The number of amides is 1. The third-order valence-corrected chi connectivity index (χ3v) is 9.44. The van der Waals surface area contributed by atoms with Crippen LogP contribution in [0.3, 0.4) is 0 Å². The summed E-state index contributed by atoms with van der Waals surface area (Å²) in [5, 5.41) is 1.15. The SMILES string of the molecule is O=C(C1CCN(S(=O)(=O)c2ccc(Cl)cc2)CC1)N(Cc1ccccc1)c1nc2ccccc2s1. The van der Waals surface area contributed by atoms with E-state index in [1.165, 1.54) is 27.8 Å². The molecule has 0 aliphatic carbocycles. The second-order valence-electron chi connectivity index (χ2n) is 8.51. The van der Waals surface area contributed by atoms with Gasteiger partial charge in [-0.25, -0.2) is 13.4 Å². The largest absolute Gasteiger partial charge is 0.283 e. The van der Waals surface area contributed by atoms with Crippen LogP contribution in [0.5, 0.6) is 0 Å². The van der Waals surface area contributed by atoms with E-state index in [-0.39, 0.29) is 16.7 Å². The van der Waals surface area contributed by atoms with Crippen LogP contribution < -0.4 is 4.90 Å². The van der Waals surface area contributed by atoms with Gasteiger partial charge in [-0.15, -0.1) is 0 Å². The molecule has 1 aliphatic heterocycles. The third kappa shape index (κ3) is 5.11. The minimum atomic E-state index is -3.63. The summed E-state index contributed by atoms with van der Waals surface area (Å²) in [5.74, 6) is -0.293. The van der Waals surface area contributed by atoms with Gasteiger partial charge in [-0.1, -0.05) is 65.4 Å². The van der Waals surface area contributed by atoms with Crippen molar-refractivity contribution in [2.24, 2.45) is 5.92 Å². The van der Waals surface area contributed by atoms with E-state index in [0.717, 1.165) is 15.8 Å². The number of rotatable bonds is 6. The number of halogens is 1. The Morgan fingerprint density at radius 3 is 2.31 bits per heavy atom. The maximum absolute atomic E-state index is 13.8. The molecule has 1 amide bonds. The van der Waals surface area contributed by atoms with Gasteiger partial charge in [-0.05, 0) is 54.8 Å². The molecule has 3 aromatic carbocycles. The van der Waals surface area contributed by atoms with E-state index >= 15 is 0 Å². The Morgan fingerprint density at radius 1 is 0.971 bits per heavy atom. The van der Waals surface area contributed by atoms with Crippen molar-refractivity contribution in [2.75, 3.05) is 18.0 Å². The van der Waals surface area contributed by atoms with Crippen molar-refractivity contribution in [2.45, 2.75) is 24.3 Å². The molecule has 0 radical (unpaired) electrons. The molecular weight excluding hydrogens is 502 g/mol. The number of benzene rings is 3. The van der Waals surface area contributed by atoms with Gasteiger partial charge in [0, 0.05) is 24.0 Å². The zero-order valence-corrected chi connectivity index (χ0v) is 21.3. The number of hydrogen-bond donors (Lipinski definition) is 0. The Hall–Kier alpha value is -2.78. The normalized spacial score (nSPS) is 15.3. The number of thiazole rings is 1. The molecule has 1 fully saturated rings. The van der Waals surface area contributed by atoms with Crippen LogP contribution in [0.2, 0.25) is 5.02 Å². The highest BCUT2D eigenvalue weighted by molar-refractivity contribution is 7.89. The Kier molecular flexibility index (Phi) is 6.88. The van der Waals surface area contributed by atoms with Crippen LogP contribution >= 0.6 is 22.9 Å². The van der Waals surface area contributed by atoms with Crippen molar-refractivity contribution in [1.82, 2.24) is 9.29 Å². The number of sulfonamides is 1. The number of hydrogen-bond acceptors (Lipinski definition) is 5. The maximum Gasteiger partial charge on any atom is 0.243 e. The first-order chi connectivity index (χ1) is 16.9. The Balaban J connectivity index is 1.35. The van der Waals surface area contributed by atoms with Gasteiger partial charge >= 0.3 is 0 Å². The van der Waals surface area contributed by atoms with Crippen LogP contribution in [0.15, 0.2) is 83.8 Å². The third-order valence-electron chi connectivity index (χ3n) is 6.22. The van der Waals surface area contributed by atoms with E-state index in [9.17, 15) is 13.2 Å². The minimum absolute atomic E-state index is 0.0172. The number of carbonyl (C=O) groups is 1. The molecule has 0 N–H and O–H groups in total. The number of piperidine rings is 1. The molecular formula is C26H24ClN3O3S2. The van der Waals surface area contributed by atoms with Crippen molar-refractivity contribution in [3.8, 4) is 0 Å². The first-order valence-corrected chi connectivity index (χ1v) is 14.0. The highest BCUT2D eigenvalue weighted by Crippen LogP contribution is 2.33. The van der Waals surface area contributed by atoms with Crippen LogP contribution in [0.4, 0.5) is 5.13 Å². The maximum atomic E-state index is 13.8. The van der Waals surface area contributed by atoms with Gasteiger partial charge < -0.3 is 0 Å². The number of fused-ring (bicyclic) bond motifs is 1. The van der Waals surface area contributed by atoms with E-state index in [4.69, 9.17) is 16.6 Å². The molecule has 5 rings (SSSR count). The van der Waals surface area contributed by atoms with E-state index in [1.54, 1.807) is 17.0 Å². The Bertz CT molecular complexity index is 1400. The summed E-state index contributed by atoms with van der Waals surface area (Å²) in [4.78, 5) is 20.5. The zero-order chi connectivity index (χ0) is 24.4. The molecule has 1 saturated heterocycles. The number of para-hydroxylation sites is 1. The molecule has 0 saturated carbocycles. The van der Waals surface area contributed by atoms with Crippen LogP contribution in [0.25, 0.3) is 10.2 Å². The average molecular weight is 526 g/mol. The molecule has 2 heterocycles. The molecule has 0 atom stereocenters. The Labute approximate surface area is 213 Å². The second-order valence-corrected chi connectivity index (χ2v) is 11.9. The van der Waals surface area contributed by atoms with E-state index in [0.29, 0.717) is 42.6 Å². The van der Waals surface area contributed by atoms with Crippen molar-refractivity contribution < 1.29 is 13.2 Å². The summed E-state index contributed by atoms with van der Waals surface area (Å²) >= 11 is 7.41. The lowest BCUT2D eigenvalue weighted by Gasteiger charge is -2.33. The topological polar surface area (TPSA) is 70.6 Å². The molecule has 6 nitrogen and oxygen atoms in total. The van der Waals surface area contributed by atoms with Crippen LogP contribution in [0, 0.1) is 5.92 Å². The van der Waals surface area contributed by atoms with Crippen molar-refractivity contribution in [1.29, 1.82) is 0 Å². The van der Waals surface area contributed by atoms with Gasteiger partial charge in [-0.3, -0.25) is 9.69 Å². The summed E-state index contributed by atoms with van der Waals surface area (Å²) < 4.78 is 28.6. The molecule has 1 aliphatic rings. The van der Waals surface area contributed by atoms with Gasteiger partial charge in [0.1, 0.15) is 0 Å². The molecule has 4 aromatic rings. The first-order valence-electron chi connectivity index (χ1n) is 11.4. The summed E-state index contributed by atoms with van der Waals surface area (Å²) in [6.45, 7) is 1.00. The molecule has 0 unspecified atom stereocenters. The van der Waals surface area contributed by atoms with Crippen LogP contribution in [0.1, 0.15) is 18.4 Å². The predicted octanol–water partition coefficient (Wildman–Crippen LogP) is 5.58. The number of carbonyl (C=O) groups excluding carboxylic acids is 1. The molecule has 0 bridgehead atoms. The standard InChI is InChI=1S/C26H24ClN3O3S2/c27-21-10-12-22(13-11-21)35(32,33)29-16-14-20(15-17-29)25(31)30(18-19-6-2-1-3-7-19)26-28-23-8-4-5-9-24(23)34-26/h1-13,20H,14-18H2. The number of nitrogens with zero attached hydrogens (tertiary/aromatic N) is 3. The fourth-order valence-electron chi connectivity index (χ4n) is 4.30. The quantitative estimate of drug-likeness (QED) is 0.329. The van der Waals surface area contributed by atoms with E-state index in [1.807, 2.05) is 54.6 Å². The fraction of sp³-hybridized carbons (Fsp3) is 0.231. The monoisotopic (exact) mass is 525 g/mol. The van der Waals surface area contributed by atoms with Gasteiger partial charge in [0.2, 0.25) is 15.9 Å². The van der Waals surface area contributed by atoms with Gasteiger partial charge in [0.05, 0.1) is 21.7 Å². The van der Waals surface area contributed by atoms with Crippen molar-refractivity contribution in [3.05, 3.63) is 89.4 Å². The molecule has 180 valence electrons. The molecule has 0 spiro atoms. The highest BCUT2D eigenvalue weighted by Gasteiger charge is 2.35. The summed E-state index contributed by atoms with van der Waals surface area (Å²) in [5.41, 5.74) is 1.88. The van der Waals surface area contributed by atoms with Gasteiger partial charge in [-0.2, -0.15) is 4.31 Å². The molecule has 35 heavy (non-hydrogen) atoms. The summed E-state index contributed by atoms with van der Waals surface area (Å²) in [6.07, 6.45) is 0.920. The van der Waals surface area contributed by atoms with Crippen molar-refractivity contribution in [3.63, 3.8) is 0 Å². The average Bonchev–Trinajstić information content (AvgIpc) is 3.32. The second kappa shape index (κ2) is 10.1.